The first-order valence-electron chi connectivity index (χ1n) is 11.8. The average Bonchev–Trinajstić information content (AvgIpc) is 3.24. The molecule has 0 aliphatic carbocycles. The van der Waals surface area contributed by atoms with Crippen molar-refractivity contribution in [2.24, 2.45) is 5.92 Å². The van der Waals surface area contributed by atoms with Crippen LogP contribution in [0.3, 0.4) is 0 Å². The molecule has 5 nitrogen and oxygen atoms in total. The molecule has 2 aromatic carbocycles. The molecule has 180 valence electrons. The third kappa shape index (κ3) is 6.73. The van der Waals surface area contributed by atoms with Gasteiger partial charge in [-0.2, -0.15) is 0 Å². The molecular formula is C28H34ClN3O2. The van der Waals surface area contributed by atoms with Gasteiger partial charge in [0.05, 0.1) is 6.54 Å². The lowest BCUT2D eigenvalue weighted by Gasteiger charge is -2.31. The van der Waals surface area contributed by atoms with Crippen molar-refractivity contribution >= 4 is 23.4 Å². The van der Waals surface area contributed by atoms with Gasteiger partial charge in [0.15, 0.2) is 0 Å². The molecule has 0 spiro atoms. The van der Waals surface area contributed by atoms with Gasteiger partial charge in [-0.3, -0.25) is 9.59 Å². The molecule has 3 aromatic rings. The monoisotopic (exact) mass is 479 g/mol. The third-order valence-electron chi connectivity index (χ3n) is 5.72. The van der Waals surface area contributed by atoms with Crippen molar-refractivity contribution in [2.75, 3.05) is 13.1 Å². The average molecular weight is 480 g/mol. The van der Waals surface area contributed by atoms with Crippen LogP contribution < -0.4 is 0 Å². The molecule has 2 amide bonds. The fourth-order valence-electron chi connectivity index (χ4n) is 3.93. The maximum atomic E-state index is 13.5. The summed E-state index contributed by atoms with van der Waals surface area (Å²) in [4.78, 5) is 30.1. The van der Waals surface area contributed by atoms with Crippen LogP contribution in [0.5, 0.6) is 0 Å². The van der Waals surface area contributed by atoms with Crippen molar-refractivity contribution in [1.29, 1.82) is 0 Å². The highest BCUT2D eigenvalue weighted by Gasteiger charge is 2.25. The smallest absolute Gasteiger partial charge is 0.254 e. The van der Waals surface area contributed by atoms with Crippen LogP contribution >= 0.6 is 11.6 Å². The summed E-state index contributed by atoms with van der Waals surface area (Å²) < 4.78 is 2.12. The van der Waals surface area contributed by atoms with E-state index in [1.807, 2.05) is 79.5 Å². The van der Waals surface area contributed by atoms with Gasteiger partial charge in [0.1, 0.15) is 6.54 Å². The summed E-state index contributed by atoms with van der Waals surface area (Å²) >= 11 is 6.37. The normalized spacial score (nSPS) is 11.1. The van der Waals surface area contributed by atoms with E-state index in [1.165, 1.54) is 0 Å². The van der Waals surface area contributed by atoms with Crippen LogP contribution in [0.1, 0.15) is 49.3 Å². The number of halogens is 1. The van der Waals surface area contributed by atoms with Crippen molar-refractivity contribution in [3.8, 4) is 0 Å². The second kappa shape index (κ2) is 11.9. The topological polar surface area (TPSA) is 45.6 Å². The fourth-order valence-corrected chi connectivity index (χ4v) is 4.12. The Morgan fingerprint density at radius 3 is 2.24 bits per heavy atom. The van der Waals surface area contributed by atoms with Crippen LogP contribution in [0.15, 0.2) is 72.9 Å². The van der Waals surface area contributed by atoms with Gasteiger partial charge in [-0.25, -0.2) is 0 Å². The van der Waals surface area contributed by atoms with Gasteiger partial charge in [-0.1, -0.05) is 61.8 Å². The first kappa shape index (κ1) is 25.6. The molecule has 0 aliphatic heterocycles. The van der Waals surface area contributed by atoms with E-state index in [2.05, 4.69) is 18.4 Å². The Labute approximate surface area is 207 Å². The molecular weight excluding hydrogens is 446 g/mol. The van der Waals surface area contributed by atoms with E-state index < -0.39 is 0 Å². The highest BCUT2D eigenvalue weighted by atomic mass is 35.5. The molecule has 0 atom stereocenters. The molecule has 3 rings (SSSR count). The Hall–Kier alpha value is -3.05. The molecule has 1 heterocycles. The summed E-state index contributed by atoms with van der Waals surface area (Å²) in [6.45, 7) is 9.84. The first-order chi connectivity index (χ1) is 16.3. The summed E-state index contributed by atoms with van der Waals surface area (Å²) in [6, 6.07) is 20.9. The zero-order valence-electron chi connectivity index (χ0n) is 20.4. The van der Waals surface area contributed by atoms with E-state index in [-0.39, 0.29) is 24.4 Å². The Bertz CT molecular complexity index is 1090. The molecule has 34 heavy (non-hydrogen) atoms. The molecule has 0 fully saturated rings. The molecule has 0 N–H and O–H groups in total. The van der Waals surface area contributed by atoms with Crippen molar-refractivity contribution in [1.82, 2.24) is 14.4 Å². The molecule has 0 saturated heterocycles. The predicted octanol–water partition coefficient (Wildman–Crippen LogP) is 5.73. The van der Waals surface area contributed by atoms with Gasteiger partial charge < -0.3 is 14.4 Å². The van der Waals surface area contributed by atoms with Crippen LogP contribution in [0.4, 0.5) is 0 Å². The van der Waals surface area contributed by atoms with Crippen LogP contribution in [0.25, 0.3) is 0 Å². The van der Waals surface area contributed by atoms with Crippen LogP contribution in [0.2, 0.25) is 5.02 Å². The van der Waals surface area contributed by atoms with Gasteiger partial charge >= 0.3 is 0 Å². The van der Waals surface area contributed by atoms with Gasteiger partial charge in [0.2, 0.25) is 5.91 Å². The number of rotatable bonds is 10. The number of amides is 2. The van der Waals surface area contributed by atoms with Crippen molar-refractivity contribution < 1.29 is 9.59 Å². The second-order valence-corrected chi connectivity index (χ2v) is 9.69. The van der Waals surface area contributed by atoms with Crippen molar-refractivity contribution in [3.63, 3.8) is 0 Å². The fraction of sp³-hybridized carbons (Fsp3) is 0.357. The number of carbonyl (C=O) groups excluding carboxylic acids is 2. The summed E-state index contributed by atoms with van der Waals surface area (Å²) in [5.74, 6) is 0.112. The maximum Gasteiger partial charge on any atom is 0.254 e. The molecule has 0 radical (unpaired) electrons. The zero-order chi connectivity index (χ0) is 24.7. The van der Waals surface area contributed by atoms with Crippen molar-refractivity contribution in [3.05, 3.63) is 94.8 Å². The first-order valence-corrected chi connectivity index (χ1v) is 12.1. The van der Waals surface area contributed by atoms with E-state index >= 15 is 0 Å². The van der Waals surface area contributed by atoms with Gasteiger partial charge in [0, 0.05) is 41.6 Å². The predicted molar refractivity (Wildman–Crippen MR) is 138 cm³/mol. The van der Waals surface area contributed by atoms with Crippen LogP contribution in [-0.2, 0) is 17.9 Å². The highest BCUT2D eigenvalue weighted by molar-refractivity contribution is 6.31. The lowest BCUT2D eigenvalue weighted by Crippen LogP contribution is -2.46. The number of carbonyl (C=O) groups is 2. The van der Waals surface area contributed by atoms with E-state index in [4.69, 9.17) is 11.6 Å². The highest BCUT2D eigenvalue weighted by Crippen LogP contribution is 2.19. The number of aromatic nitrogens is 1. The Kier molecular flexibility index (Phi) is 8.94. The molecule has 1 aromatic heterocycles. The molecule has 0 aliphatic rings. The quantitative estimate of drug-likeness (QED) is 0.373. The Morgan fingerprint density at radius 2 is 1.59 bits per heavy atom. The van der Waals surface area contributed by atoms with Crippen LogP contribution in [0, 0.1) is 5.92 Å². The summed E-state index contributed by atoms with van der Waals surface area (Å²) in [6.07, 6.45) is 2.01. The van der Waals surface area contributed by atoms with E-state index in [0.29, 0.717) is 31.1 Å². The minimum atomic E-state index is -0.129. The minimum Gasteiger partial charge on any atom is -0.345 e. The number of nitrogens with zero attached hydrogens (tertiary/aromatic N) is 3. The molecule has 0 bridgehead atoms. The zero-order valence-corrected chi connectivity index (χ0v) is 21.2. The minimum absolute atomic E-state index is 0.0450. The Balaban J connectivity index is 1.78. The van der Waals surface area contributed by atoms with E-state index in [1.54, 1.807) is 17.0 Å². The van der Waals surface area contributed by atoms with Crippen LogP contribution in [-0.4, -0.2) is 45.3 Å². The summed E-state index contributed by atoms with van der Waals surface area (Å²) in [7, 11) is 0. The Morgan fingerprint density at radius 1 is 0.912 bits per heavy atom. The standard InChI is InChI=1S/C28H34ClN3O2/c1-21(2)17-31(19-25-14-10-16-30(25)18-24-13-8-9-15-26(24)29)27(33)20-32(22(3)4)28(34)23-11-6-5-7-12-23/h5-16,21-22H,17-20H2,1-4H3. The largest absolute Gasteiger partial charge is 0.345 e. The van der Waals surface area contributed by atoms with E-state index in [0.717, 1.165) is 16.3 Å². The maximum absolute atomic E-state index is 13.5. The van der Waals surface area contributed by atoms with Gasteiger partial charge in [-0.15, -0.1) is 0 Å². The SMILES string of the molecule is CC(C)CN(Cc1cccn1Cc1ccccc1Cl)C(=O)CN(C(=O)c1ccccc1)C(C)C. The molecule has 0 unspecified atom stereocenters. The molecule has 6 heteroatoms. The summed E-state index contributed by atoms with van der Waals surface area (Å²) in [5, 5.41) is 0.726. The van der Waals surface area contributed by atoms with E-state index in [9.17, 15) is 9.59 Å². The number of benzene rings is 2. The third-order valence-corrected chi connectivity index (χ3v) is 6.09. The lowest BCUT2D eigenvalue weighted by molar-refractivity contribution is -0.133. The second-order valence-electron chi connectivity index (χ2n) is 9.28. The van der Waals surface area contributed by atoms with Crippen molar-refractivity contribution in [2.45, 2.75) is 46.8 Å². The van der Waals surface area contributed by atoms with Gasteiger partial charge in [-0.05, 0) is 55.7 Å². The number of hydrogen-bond donors (Lipinski definition) is 0. The van der Waals surface area contributed by atoms with Gasteiger partial charge in [0.25, 0.3) is 5.91 Å². The summed E-state index contributed by atoms with van der Waals surface area (Å²) in [5.41, 5.74) is 2.65. The lowest BCUT2D eigenvalue weighted by atomic mass is 10.1. The molecule has 0 saturated carbocycles. The number of hydrogen-bond acceptors (Lipinski definition) is 2.